The normalized spacial score (nSPS) is 20.2. The number of carbonyl (C=O) groups excluding carboxylic acids is 4. The van der Waals surface area contributed by atoms with E-state index in [0.29, 0.717) is 30.5 Å². The quantitative estimate of drug-likeness (QED) is 0.627. The van der Waals surface area contributed by atoms with E-state index < -0.39 is 29.4 Å². The number of nitrogens with one attached hydrogen (secondary N) is 2. The van der Waals surface area contributed by atoms with Crippen molar-refractivity contribution >= 4 is 29.4 Å². The second-order valence-electron chi connectivity index (χ2n) is 6.67. The van der Waals surface area contributed by atoms with Gasteiger partial charge >= 0.3 is 5.97 Å². The molecule has 0 saturated carbocycles. The fourth-order valence-electron chi connectivity index (χ4n) is 2.69. The molecule has 1 fully saturated rings. The van der Waals surface area contributed by atoms with E-state index in [-0.39, 0.29) is 12.3 Å². The number of amides is 3. The van der Waals surface area contributed by atoms with Gasteiger partial charge in [0.25, 0.3) is 5.91 Å². The zero-order valence-electron chi connectivity index (χ0n) is 14.8. The number of nitrogens with two attached hydrogens (primary N) is 1. The van der Waals surface area contributed by atoms with Gasteiger partial charge in [0.05, 0.1) is 0 Å². The van der Waals surface area contributed by atoms with Crippen LogP contribution in [-0.2, 0) is 19.1 Å². The predicted molar refractivity (Wildman–Crippen MR) is 94.2 cm³/mol. The van der Waals surface area contributed by atoms with Gasteiger partial charge in [-0.25, -0.2) is 0 Å². The lowest BCUT2D eigenvalue weighted by molar-refractivity contribution is -0.153. The molecule has 8 heteroatoms. The molecular formula is C18H23N3O5. The topological polar surface area (TPSA) is 128 Å². The van der Waals surface area contributed by atoms with E-state index in [4.69, 9.17) is 10.5 Å². The number of hydrogen-bond acceptors (Lipinski definition) is 5. The maximum Gasteiger partial charge on any atom is 0.306 e. The molecule has 2 atom stereocenters. The van der Waals surface area contributed by atoms with Gasteiger partial charge in [0.15, 0.2) is 6.10 Å². The molecule has 2 rings (SSSR count). The predicted octanol–water partition coefficient (Wildman–Crippen LogP) is 1.10. The summed E-state index contributed by atoms with van der Waals surface area (Å²) in [4.78, 5) is 46.4. The third-order valence-electron chi connectivity index (χ3n) is 4.34. The van der Waals surface area contributed by atoms with Crippen molar-refractivity contribution in [2.45, 2.75) is 51.2 Å². The van der Waals surface area contributed by atoms with E-state index in [1.807, 2.05) is 6.92 Å². The maximum absolute atomic E-state index is 12.1. The molecule has 1 aromatic rings. The molecule has 1 aliphatic heterocycles. The van der Waals surface area contributed by atoms with Crippen LogP contribution in [-0.4, -0.2) is 35.3 Å². The summed E-state index contributed by atoms with van der Waals surface area (Å²) in [6.07, 6.45) is 0.738. The zero-order valence-corrected chi connectivity index (χ0v) is 14.8. The summed E-state index contributed by atoms with van der Waals surface area (Å²) in [6.45, 7) is 3.36. The Kier molecular flexibility index (Phi) is 5.97. The molecular weight excluding hydrogens is 338 g/mol. The zero-order chi connectivity index (χ0) is 19.3. The molecule has 4 N–H and O–H groups in total. The molecule has 140 valence electrons. The van der Waals surface area contributed by atoms with Gasteiger partial charge in [0, 0.05) is 29.6 Å². The van der Waals surface area contributed by atoms with Crippen LogP contribution in [0.5, 0.6) is 0 Å². The lowest BCUT2D eigenvalue weighted by Crippen LogP contribution is -2.39. The highest BCUT2D eigenvalue weighted by Gasteiger charge is 2.33. The van der Waals surface area contributed by atoms with E-state index in [0.717, 1.165) is 0 Å². The molecule has 3 amide bonds. The lowest BCUT2D eigenvalue weighted by atomic mass is 9.94. The van der Waals surface area contributed by atoms with Crippen molar-refractivity contribution in [2.75, 3.05) is 5.32 Å². The van der Waals surface area contributed by atoms with Gasteiger partial charge in [0.1, 0.15) is 0 Å². The molecule has 0 unspecified atom stereocenters. The Labute approximate surface area is 151 Å². The fourth-order valence-corrected chi connectivity index (χ4v) is 2.69. The van der Waals surface area contributed by atoms with E-state index in [1.54, 1.807) is 0 Å². The van der Waals surface area contributed by atoms with Crippen LogP contribution < -0.4 is 16.4 Å². The molecule has 0 aliphatic carbocycles. The monoisotopic (exact) mass is 361 g/mol. The Hall–Kier alpha value is -2.90. The summed E-state index contributed by atoms with van der Waals surface area (Å²) in [5.41, 5.74) is 5.54. The summed E-state index contributed by atoms with van der Waals surface area (Å²) >= 11 is 0. The first kappa shape index (κ1) is 19.4. The second-order valence-corrected chi connectivity index (χ2v) is 6.67. The van der Waals surface area contributed by atoms with Gasteiger partial charge in [0.2, 0.25) is 11.8 Å². The Balaban J connectivity index is 1.79. The molecule has 1 aliphatic rings. The summed E-state index contributed by atoms with van der Waals surface area (Å²) in [7, 11) is 0. The minimum Gasteiger partial charge on any atom is -0.453 e. The summed E-state index contributed by atoms with van der Waals surface area (Å²) < 4.78 is 5.14. The Morgan fingerprint density at radius 2 is 1.96 bits per heavy atom. The SMILES string of the molecule is C[C@@H](OC(=O)CC[C@@]1(C)CCC(=O)N1)C(=O)Nc1ccc(C(N)=O)cc1. The minimum absolute atomic E-state index is 0.0176. The number of hydrogen-bond donors (Lipinski definition) is 3. The van der Waals surface area contributed by atoms with E-state index in [1.165, 1.54) is 31.2 Å². The van der Waals surface area contributed by atoms with Crippen molar-refractivity contribution in [3.8, 4) is 0 Å². The molecule has 0 bridgehead atoms. The van der Waals surface area contributed by atoms with E-state index in [2.05, 4.69) is 10.6 Å². The molecule has 0 aromatic heterocycles. The third-order valence-corrected chi connectivity index (χ3v) is 4.34. The van der Waals surface area contributed by atoms with Crippen LogP contribution in [0.3, 0.4) is 0 Å². The van der Waals surface area contributed by atoms with Crippen LogP contribution in [0.4, 0.5) is 5.69 Å². The molecule has 0 radical (unpaired) electrons. The first-order valence-electron chi connectivity index (χ1n) is 8.40. The van der Waals surface area contributed by atoms with Crippen molar-refractivity contribution in [3.63, 3.8) is 0 Å². The first-order valence-corrected chi connectivity index (χ1v) is 8.40. The van der Waals surface area contributed by atoms with Crippen LogP contribution in [0, 0.1) is 0 Å². The van der Waals surface area contributed by atoms with Crippen molar-refractivity contribution in [3.05, 3.63) is 29.8 Å². The van der Waals surface area contributed by atoms with Crippen LogP contribution in [0.2, 0.25) is 0 Å². The number of anilines is 1. The van der Waals surface area contributed by atoms with Crippen LogP contribution in [0.15, 0.2) is 24.3 Å². The average molecular weight is 361 g/mol. The maximum atomic E-state index is 12.1. The highest BCUT2D eigenvalue weighted by atomic mass is 16.5. The molecule has 8 nitrogen and oxygen atoms in total. The highest BCUT2D eigenvalue weighted by molar-refractivity contribution is 5.96. The number of primary amides is 1. The van der Waals surface area contributed by atoms with Crippen LogP contribution in [0.25, 0.3) is 0 Å². The van der Waals surface area contributed by atoms with Gasteiger partial charge in [-0.05, 0) is 51.0 Å². The number of ether oxygens (including phenoxy) is 1. The molecule has 1 heterocycles. The molecule has 0 spiro atoms. The lowest BCUT2D eigenvalue weighted by Gasteiger charge is -2.23. The Morgan fingerprint density at radius 3 is 2.50 bits per heavy atom. The third kappa shape index (κ3) is 5.30. The highest BCUT2D eigenvalue weighted by Crippen LogP contribution is 2.24. The smallest absolute Gasteiger partial charge is 0.306 e. The molecule has 26 heavy (non-hydrogen) atoms. The Morgan fingerprint density at radius 1 is 1.31 bits per heavy atom. The minimum atomic E-state index is -0.968. The Bertz CT molecular complexity index is 716. The van der Waals surface area contributed by atoms with Gasteiger partial charge in [-0.15, -0.1) is 0 Å². The van der Waals surface area contributed by atoms with Gasteiger partial charge in [-0.2, -0.15) is 0 Å². The first-order chi connectivity index (χ1) is 12.2. The largest absolute Gasteiger partial charge is 0.453 e. The number of benzene rings is 1. The second kappa shape index (κ2) is 7.99. The molecule has 1 aromatic carbocycles. The summed E-state index contributed by atoms with van der Waals surface area (Å²) in [6, 6.07) is 6.06. The van der Waals surface area contributed by atoms with E-state index >= 15 is 0 Å². The summed E-state index contributed by atoms with van der Waals surface area (Å²) in [5.74, 6) is -1.56. The average Bonchev–Trinajstić information content (AvgIpc) is 2.93. The van der Waals surface area contributed by atoms with Gasteiger partial charge < -0.3 is 21.1 Å². The van der Waals surface area contributed by atoms with Gasteiger partial charge in [-0.3, -0.25) is 19.2 Å². The van der Waals surface area contributed by atoms with Crippen molar-refractivity contribution in [2.24, 2.45) is 5.73 Å². The van der Waals surface area contributed by atoms with E-state index in [9.17, 15) is 19.2 Å². The van der Waals surface area contributed by atoms with Crippen LogP contribution in [0.1, 0.15) is 49.9 Å². The van der Waals surface area contributed by atoms with Crippen LogP contribution >= 0.6 is 0 Å². The van der Waals surface area contributed by atoms with Gasteiger partial charge in [-0.1, -0.05) is 0 Å². The van der Waals surface area contributed by atoms with Crippen molar-refractivity contribution < 1.29 is 23.9 Å². The number of rotatable bonds is 7. The summed E-state index contributed by atoms with van der Waals surface area (Å²) in [5, 5.41) is 5.45. The molecule has 1 saturated heterocycles. The standard InChI is InChI=1S/C18H23N3O5/c1-11(17(25)20-13-5-3-12(4-6-13)16(19)24)26-15(23)8-10-18(2)9-7-14(22)21-18/h3-6,11H,7-10H2,1-2H3,(H2,19,24)(H,20,25)(H,21,22)/t11-,18-/m1/s1. The van der Waals surface area contributed by atoms with Crippen molar-refractivity contribution in [1.29, 1.82) is 0 Å². The number of carbonyl (C=O) groups is 4. The number of esters is 1. The fraction of sp³-hybridized carbons (Fsp3) is 0.444. The van der Waals surface area contributed by atoms with Crippen molar-refractivity contribution in [1.82, 2.24) is 5.32 Å².